The van der Waals surface area contributed by atoms with Gasteiger partial charge in [-0.3, -0.25) is 4.79 Å². The summed E-state index contributed by atoms with van der Waals surface area (Å²) < 4.78 is 55.2. The lowest BCUT2D eigenvalue weighted by Crippen LogP contribution is -2.41. The van der Waals surface area contributed by atoms with Gasteiger partial charge in [-0.05, 0) is 35.9 Å². The van der Waals surface area contributed by atoms with Gasteiger partial charge in [0.15, 0.2) is 18.6 Å². The Bertz CT molecular complexity index is 1480. The third-order valence-corrected chi connectivity index (χ3v) is 9.60. The molecule has 6 nitrogen and oxygen atoms in total. The predicted molar refractivity (Wildman–Crippen MR) is 132 cm³/mol. The molecule has 0 unspecified atom stereocenters. The Labute approximate surface area is 204 Å². The molecule has 1 aliphatic heterocycles. The molecule has 0 bridgehead atoms. The van der Waals surface area contributed by atoms with Crippen LogP contribution in [0.15, 0.2) is 65.6 Å². The molecule has 1 saturated heterocycles. The van der Waals surface area contributed by atoms with E-state index in [1.807, 2.05) is 0 Å². The Morgan fingerprint density at radius 2 is 1.75 bits per heavy atom. The van der Waals surface area contributed by atoms with Gasteiger partial charge in [0.2, 0.25) is 0 Å². The van der Waals surface area contributed by atoms with E-state index in [9.17, 15) is 27.2 Å². The van der Waals surface area contributed by atoms with Crippen molar-refractivity contribution in [3.63, 3.8) is 0 Å². The monoisotopic (exact) mass is 517 g/mol. The van der Waals surface area contributed by atoms with Crippen molar-refractivity contribution in [2.45, 2.75) is 12.6 Å². The summed E-state index contributed by atoms with van der Waals surface area (Å²) in [5.41, 5.74) is 0.180. The van der Waals surface area contributed by atoms with E-state index in [4.69, 9.17) is 0 Å². The van der Waals surface area contributed by atoms with Gasteiger partial charge in [-0.2, -0.15) is 18.3 Å². The molecule has 36 heavy (non-hydrogen) atoms. The predicted octanol–water partition coefficient (Wildman–Crippen LogP) is 4.14. The van der Waals surface area contributed by atoms with Crippen LogP contribution in [0.3, 0.4) is 0 Å². The Morgan fingerprint density at radius 3 is 2.47 bits per heavy atom. The number of aromatic nitrogens is 3. The van der Waals surface area contributed by atoms with Gasteiger partial charge in [-0.1, -0.05) is 24.3 Å². The molecule has 5 rings (SSSR count). The van der Waals surface area contributed by atoms with Gasteiger partial charge in [-0.25, -0.2) is 19.4 Å². The zero-order chi connectivity index (χ0) is 25.5. The smallest absolute Gasteiger partial charge is 0.349 e. The molecule has 0 radical (unpaired) electrons. The van der Waals surface area contributed by atoms with Gasteiger partial charge in [0.05, 0.1) is 29.7 Å². The second-order valence-electron chi connectivity index (χ2n) is 8.74. The van der Waals surface area contributed by atoms with Crippen molar-refractivity contribution in [3.8, 4) is 0 Å². The Morgan fingerprint density at radius 1 is 1.03 bits per heavy atom. The van der Waals surface area contributed by atoms with Crippen molar-refractivity contribution < 1.29 is 22.5 Å². The van der Waals surface area contributed by atoms with Gasteiger partial charge in [-0.15, -0.1) is 0 Å². The zero-order valence-electron chi connectivity index (χ0n) is 19.0. The van der Waals surface area contributed by atoms with Crippen LogP contribution in [0.4, 0.5) is 23.4 Å². The summed E-state index contributed by atoms with van der Waals surface area (Å²) in [6.45, 7) is 0.250. The number of nitrogens with one attached hydrogen (secondary N) is 1. The van der Waals surface area contributed by atoms with Gasteiger partial charge >= 0.3 is 6.18 Å². The lowest BCUT2D eigenvalue weighted by Gasteiger charge is -2.34. The van der Waals surface area contributed by atoms with E-state index in [0.29, 0.717) is 28.5 Å². The van der Waals surface area contributed by atoms with Gasteiger partial charge in [0, 0.05) is 18.0 Å². The number of pyridine rings is 1. The average Bonchev–Trinajstić information content (AvgIpc) is 2.87. The SMILES string of the molecule is O=c1[nH]nc(Cc2ccc(F)c([P+]3(O)CCN(c4ncccc4C(F)(F)F)CC3)c2)c2ccccc12. The normalized spacial score (nSPS) is 15.9. The number of H-pyrrole nitrogens is 1. The average molecular weight is 517 g/mol. The van der Waals surface area contributed by atoms with Crippen LogP contribution < -0.4 is 15.8 Å². The molecular formula is C25H22F4N4O2P+. The molecule has 0 atom stereocenters. The fourth-order valence-electron chi connectivity index (χ4n) is 4.61. The molecule has 2 aromatic carbocycles. The summed E-state index contributed by atoms with van der Waals surface area (Å²) in [6.07, 6.45) is -2.66. The number of aromatic amines is 1. The van der Waals surface area contributed by atoms with Gasteiger partial charge < -0.3 is 4.90 Å². The molecule has 4 aromatic rings. The van der Waals surface area contributed by atoms with Crippen molar-refractivity contribution in [2.24, 2.45) is 0 Å². The number of rotatable bonds is 4. The summed E-state index contributed by atoms with van der Waals surface area (Å²) in [6, 6.07) is 13.8. The van der Waals surface area contributed by atoms with E-state index < -0.39 is 25.0 Å². The van der Waals surface area contributed by atoms with Crippen LogP contribution in [0.25, 0.3) is 10.8 Å². The number of anilines is 1. The third kappa shape index (κ3) is 4.58. The number of halogens is 4. The van der Waals surface area contributed by atoms with E-state index in [1.54, 1.807) is 36.4 Å². The van der Waals surface area contributed by atoms with E-state index in [0.717, 1.165) is 6.07 Å². The van der Waals surface area contributed by atoms with Gasteiger partial charge in [0.25, 0.3) is 5.56 Å². The molecule has 0 saturated carbocycles. The van der Waals surface area contributed by atoms with Crippen LogP contribution in [0, 0.1) is 5.82 Å². The second-order valence-corrected chi connectivity index (χ2v) is 12.0. The van der Waals surface area contributed by atoms with Crippen LogP contribution >= 0.6 is 7.49 Å². The molecule has 3 heterocycles. The highest BCUT2D eigenvalue weighted by molar-refractivity contribution is 7.77. The Hall–Kier alpha value is -3.36. The Balaban J connectivity index is 1.40. The minimum Gasteiger partial charge on any atom is -0.349 e. The molecule has 1 fully saturated rings. The molecule has 0 spiro atoms. The molecular weight excluding hydrogens is 495 g/mol. The number of fused-ring (bicyclic) bond motifs is 1. The summed E-state index contributed by atoms with van der Waals surface area (Å²) in [7, 11) is -2.96. The standard InChI is InChI=1S/C25H21F4N4O2P/c26-20-8-7-16(14-21-17-4-1-2-5-18(17)24(34)32-31-21)15-22(20)36(35)12-10-33(11-13-36)23-19(25(27,28)29)6-3-9-30-23/h1-9,15,35H,10-14H2/p+1. The summed E-state index contributed by atoms with van der Waals surface area (Å²) in [5, 5.41) is 8.03. The first-order valence-electron chi connectivity index (χ1n) is 11.3. The lowest BCUT2D eigenvalue weighted by atomic mass is 10.0. The molecule has 186 valence electrons. The lowest BCUT2D eigenvalue weighted by molar-refractivity contribution is -0.137. The van der Waals surface area contributed by atoms with Crippen LogP contribution in [-0.2, 0) is 12.6 Å². The van der Waals surface area contributed by atoms with Crippen molar-refractivity contribution in [1.29, 1.82) is 0 Å². The van der Waals surface area contributed by atoms with Crippen molar-refractivity contribution in [2.75, 3.05) is 30.3 Å². The molecule has 2 N–H and O–H groups in total. The maximum absolute atomic E-state index is 14.9. The number of nitrogens with zero attached hydrogens (tertiary/aromatic N) is 3. The first kappa shape index (κ1) is 24.3. The van der Waals surface area contributed by atoms with E-state index in [1.165, 1.54) is 23.2 Å². The summed E-state index contributed by atoms with van der Waals surface area (Å²) in [4.78, 5) is 28.9. The van der Waals surface area contributed by atoms with Crippen LogP contribution in [0.1, 0.15) is 16.8 Å². The van der Waals surface area contributed by atoms with Crippen LogP contribution in [-0.4, -0.2) is 45.5 Å². The zero-order valence-corrected chi connectivity index (χ0v) is 19.9. The van der Waals surface area contributed by atoms with Crippen LogP contribution in [0.5, 0.6) is 0 Å². The first-order valence-corrected chi connectivity index (χ1v) is 13.4. The van der Waals surface area contributed by atoms with Crippen molar-refractivity contribution in [3.05, 3.63) is 93.8 Å². The van der Waals surface area contributed by atoms with Gasteiger partial charge in [0.1, 0.15) is 18.1 Å². The second kappa shape index (κ2) is 9.26. The summed E-state index contributed by atoms with van der Waals surface area (Å²) in [5.74, 6) is -0.724. The highest BCUT2D eigenvalue weighted by Crippen LogP contribution is 2.56. The fourth-order valence-corrected chi connectivity index (χ4v) is 7.33. The number of hydrogen-bond acceptors (Lipinski definition) is 5. The Kier molecular flexibility index (Phi) is 6.26. The summed E-state index contributed by atoms with van der Waals surface area (Å²) >= 11 is 0. The number of hydrogen-bond donors (Lipinski definition) is 2. The highest BCUT2D eigenvalue weighted by atomic mass is 31.2. The van der Waals surface area contributed by atoms with Crippen molar-refractivity contribution in [1.82, 2.24) is 15.2 Å². The highest BCUT2D eigenvalue weighted by Gasteiger charge is 2.46. The molecule has 2 aromatic heterocycles. The largest absolute Gasteiger partial charge is 0.419 e. The molecule has 1 aliphatic rings. The fraction of sp³-hybridized carbons (Fsp3) is 0.240. The first-order chi connectivity index (χ1) is 17.2. The maximum Gasteiger partial charge on any atom is 0.419 e. The van der Waals surface area contributed by atoms with E-state index in [2.05, 4.69) is 15.2 Å². The minimum absolute atomic E-state index is 0.125. The molecule has 0 amide bonds. The number of alkyl halides is 3. The van der Waals surface area contributed by atoms with Crippen molar-refractivity contribution >= 4 is 29.4 Å². The van der Waals surface area contributed by atoms with E-state index in [-0.39, 0.29) is 42.1 Å². The molecule has 0 aliphatic carbocycles. The number of benzene rings is 2. The van der Waals surface area contributed by atoms with Crippen LogP contribution in [0.2, 0.25) is 0 Å². The minimum atomic E-state index is -4.55. The third-order valence-electron chi connectivity index (χ3n) is 6.48. The van der Waals surface area contributed by atoms with E-state index >= 15 is 0 Å². The molecule has 11 heteroatoms. The quantitative estimate of drug-likeness (QED) is 0.314. The topological polar surface area (TPSA) is 82.1 Å². The maximum atomic E-state index is 14.9.